The highest BCUT2D eigenvalue weighted by Crippen LogP contribution is 2.50. The van der Waals surface area contributed by atoms with Crippen LogP contribution in [0.15, 0.2) is 137 Å². The van der Waals surface area contributed by atoms with E-state index in [1.807, 2.05) is 149 Å². The number of aromatic amines is 1. The Morgan fingerprint density at radius 3 is 2.09 bits per heavy atom. The second-order valence-electron chi connectivity index (χ2n) is 16.4. The first-order valence-corrected chi connectivity index (χ1v) is 23.1. The topological polar surface area (TPSA) is 166 Å². The number of benzene rings is 5. The number of methoxy groups -OCH3 is 2. The molecule has 1 aliphatic heterocycles. The molecule has 7 rings (SSSR count). The van der Waals surface area contributed by atoms with E-state index < -0.39 is 49.7 Å². The molecule has 0 saturated carbocycles. The lowest BCUT2D eigenvalue weighted by molar-refractivity contribution is -0.0926. The first kappa shape index (κ1) is 47.8. The number of carbonyl (C=O) groups is 1. The number of aromatic nitrogens is 2. The molecule has 2 N–H and O–H groups in total. The largest absolute Gasteiger partial charge is 0.497 e. The van der Waals surface area contributed by atoms with Crippen molar-refractivity contribution in [2.24, 2.45) is 0 Å². The Labute approximate surface area is 386 Å². The Bertz CT molecular complexity index is 2660. The summed E-state index contributed by atoms with van der Waals surface area (Å²) in [4.78, 5) is 43.2. The van der Waals surface area contributed by atoms with Gasteiger partial charge in [0.2, 0.25) is 0 Å². The highest BCUT2D eigenvalue weighted by Gasteiger charge is 2.45. The van der Waals surface area contributed by atoms with Crippen LogP contribution in [0.1, 0.15) is 79.4 Å². The molecule has 0 radical (unpaired) electrons. The molecule has 1 saturated heterocycles. The SMILES string of the molecule is COc1ccc(C(OC[C@H]2O[C@@H](n3cc(C(=O)NCc4cccc5ccccc45)c(=O)[nH]c3=O)C[C@@H]2OP(OCCC#N)N(C(C)C)C(C)C)(c2ccccc2)c2ccc(OC)cc2)cc1. The van der Waals surface area contributed by atoms with E-state index in [0.29, 0.717) is 11.5 Å². The van der Waals surface area contributed by atoms with Crippen LogP contribution in [0.25, 0.3) is 10.8 Å². The van der Waals surface area contributed by atoms with Crippen LogP contribution in [-0.4, -0.2) is 71.9 Å². The number of nitrogens with one attached hydrogen (secondary N) is 2. The molecule has 66 heavy (non-hydrogen) atoms. The van der Waals surface area contributed by atoms with Crippen molar-refractivity contribution < 1.29 is 32.8 Å². The van der Waals surface area contributed by atoms with Gasteiger partial charge in [-0.05, 0) is 85.0 Å². The maximum atomic E-state index is 13.8. The molecular formula is C51H56N5O9P. The molecule has 5 aromatic carbocycles. The number of ether oxygens (including phenoxy) is 4. The lowest BCUT2D eigenvalue weighted by Gasteiger charge is -2.39. The van der Waals surface area contributed by atoms with Crippen molar-refractivity contribution >= 4 is 25.2 Å². The van der Waals surface area contributed by atoms with Crippen LogP contribution in [0.2, 0.25) is 0 Å². The van der Waals surface area contributed by atoms with E-state index in [1.54, 1.807) is 14.2 Å². The summed E-state index contributed by atoms with van der Waals surface area (Å²) in [6.07, 6.45) is -1.06. The molecule has 0 spiro atoms. The monoisotopic (exact) mass is 913 g/mol. The van der Waals surface area contributed by atoms with E-state index in [0.717, 1.165) is 33.0 Å². The summed E-state index contributed by atoms with van der Waals surface area (Å²) in [6, 6.07) is 41.0. The van der Waals surface area contributed by atoms with E-state index >= 15 is 0 Å². The molecule has 0 bridgehead atoms. The van der Waals surface area contributed by atoms with E-state index in [-0.39, 0.29) is 50.2 Å². The van der Waals surface area contributed by atoms with Crippen LogP contribution in [0.4, 0.5) is 0 Å². The van der Waals surface area contributed by atoms with Crippen molar-refractivity contribution in [3.05, 3.63) is 176 Å². The fourth-order valence-corrected chi connectivity index (χ4v) is 10.2. The number of hydrogen-bond acceptors (Lipinski definition) is 11. The molecule has 344 valence electrons. The van der Waals surface area contributed by atoms with Gasteiger partial charge in [-0.3, -0.25) is 19.1 Å². The van der Waals surface area contributed by atoms with Gasteiger partial charge in [0.1, 0.15) is 35.0 Å². The van der Waals surface area contributed by atoms with Gasteiger partial charge in [0.25, 0.3) is 20.0 Å². The summed E-state index contributed by atoms with van der Waals surface area (Å²) in [7, 11) is 1.44. The molecule has 0 aliphatic carbocycles. The molecular weight excluding hydrogens is 858 g/mol. The number of hydrogen-bond donors (Lipinski definition) is 2. The number of nitriles is 1. The van der Waals surface area contributed by atoms with E-state index in [2.05, 4.69) is 21.0 Å². The Hall–Kier alpha value is -6.17. The average Bonchev–Trinajstić information content (AvgIpc) is 3.73. The van der Waals surface area contributed by atoms with E-state index in [9.17, 15) is 19.6 Å². The lowest BCUT2D eigenvalue weighted by atomic mass is 9.80. The van der Waals surface area contributed by atoms with E-state index in [4.69, 9.17) is 28.0 Å². The molecule has 1 fully saturated rings. The summed E-state index contributed by atoms with van der Waals surface area (Å²) >= 11 is 0. The zero-order valence-electron chi connectivity index (χ0n) is 38.0. The van der Waals surface area contributed by atoms with Gasteiger partial charge in [-0.25, -0.2) is 9.46 Å². The van der Waals surface area contributed by atoms with Gasteiger partial charge in [-0.1, -0.05) is 97.1 Å². The number of nitrogens with zero attached hydrogens (tertiary/aromatic N) is 3. The Kier molecular flexibility index (Phi) is 15.8. The predicted octanol–water partition coefficient (Wildman–Crippen LogP) is 8.59. The number of amides is 1. The van der Waals surface area contributed by atoms with Crippen molar-refractivity contribution in [1.29, 1.82) is 5.26 Å². The van der Waals surface area contributed by atoms with Gasteiger partial charge in [0.05, 0.1) is 46.0 Å². The van der Waals surface area contributed by atoms with Gasteiger partial charge < -0.3 is 33.3 Å². The smallest absolute Gasteiger partial charge is 0.330 e. The number of rotatable bonds is 20. The molecule has 1 aromatic heterocycles. The third-order valence-electron chi connectivity index (χ3n) is 11.5. The normalized spacial score (nSPS) is 16.7. The second-order valence-corrected chi connectivity index (χ2v) is 17.8. The van der Waals surface area contributed by atoms with Gasteiger partial charge >= 0.3 is 5.69 Å². The highest BCUT2D eigenvalue weighted by atomic mass is 31.2. The third-order valence-corrected chi connectivity index (χ3v) is 13.7. The van der Waals surface area contributed by atoms with Crippen molar-refractivity contribution in [2.75, 3.05) is 27.4 Å². The fraction of sp³-hybridized carbons (Fsp3) is 0.333. The number of H-pyrrole nitrogens is 1. The number of fused-ring (bicyclic) bond motifs is 1. The molecule has 4 atom stereocenters. The standard InChI is InChI=1S/C51H56N5O9P/c1-34(2)56(35(3)4)66(63-29-13-28-52)65-45-30-47(55-32-44(49(58)54-50(55)59)48(57)53-31-37-16-12-15-36-14-10-11-19-43(36)37)64-46(45)33-62-51(38-17-8-7-9-18-38,39-20-24-41(60-5)25-21-39)40-22-26-42(61-6)27-23-40/h7-12,14-27,32,34-35,45-47H,13,29-31,33H2,1-6H3,(H,53,57)(H,54,58,59)/t45-,46+,47+,66?/m0/s1. The Balaban J connectivity index is 1.27. The van der Waals surface area contributed by atoms with Crippen LogP contribution in [0, 0.1) is 11.3 Å². The molecule has 1 unspecified atom stereocenters. The van der Waals surface area contributed by atoms with Crippen molar-refractivity contribution in [3.8, 4) is 17.6 Å². The minimum absolute atomic E-state index is 0.00125. The van der Waals surface area contributed by atoms with Crippen LogP contribution >= 0.6 is 8.53 Å². The van der Waals surface area contributed by atoms with Crippen molar-refractivity contribution in [2.45, 2.75) is 83.2 Å². The summed E-state index contributed by atoms with van der Waals surface area (Å²) in [5.74, 6) is 0.682. The van der Waals surface area contributed by atoms with Gasteiger partial charge in [0, 0.05) is 31.2 Å². The van der Waals surface area contributed by atoms with Gasteiger partial charge in [-0.2, -0.15) is 5.26 Å². The average molecular weight is 914 g/mol. The van der Waals surface area contributed by atoms with Gasteiger partial charge in [-0.15, -0.1) is 0 Å². The predicted molar refractivity (Wildman–Crippen MR) is 253 cm³/mol. The minimum atomic E-state index is -1.78. The maximum absolute atomic E-state index is 13.8. The Morgan fingerprint density at radius 2 is 1.47 bits per heavy atom. The van der Waals surface area contributed by atoms with Crippen LogP contribution in [0.3, 0.4) is 0 Å². The first-order valence-electron chi connectivity index (χ1n) is 22.0. The second kappa shape index (κ2) is 21.9. The molecule has 14 nitrogen and oxygen atoms in total. The van der Waals surface area contributed by atoms with E-state index in [1.165, 1.54) is 10.8 Å². The molecule has 15 heteroatoms. The minimum Gasteiger partial charge on any atom is -0.497 e. The summed E-state index contributed by atoms with van der Waals surface area (Å²) in [5, 5.41) is 14.3. The van der Waals surface area contributed by atoms with Crippen LogP contribution in [-0.2, 0) is 30.7 Å². The lowest BCUT2D eigenvalue weighted by Crippen LogP contribution is -2.40. The van der Waals surface area contributed by atoms with Crippen molar-refractivity contribution in [1.82, 2.24) is 19.5 Å². The highest BCUT2D eigenvalue weighted by molar-refractivity contribution is 7.44. The molecule has 1 aliphatic rings. The number of carbonyl (C=O) groups excluding carboxylic acids is 1. The third kappa shape index (κ3) is 10.6. The fourth-order valence-electron chi connectivity index (χ4n) is 8.40. The Morgan fingerprint density at radius 1 is 0.864 bits per heavy atom. The quantitative estimate of drug-likeness (QED) is 0.0428. The first-order chi connectivity index (χ1) is 32.0. The molecule has 2 heterocycles. The van der Waals surface area contributed by atoms with Crippen LogP contribution < -0.4 is 26.0 Å². The zero-order chi connectivity index (χ0) is 46.8. The molecule has 6 aromatic rings. The summed E-state index contributed by atoms with van der Waals surface area (Å²) < 4.78 is 41.9. The summed E-state index contributed by atoms with van der Waals surface area (Å²) in [5.41, 5.74) is 0.237. The van der Waals surface area contributed by atoms with Gasteiger partial charge in [0.15, 0.2) is 0 Å². The maximum Gasteiger partial charge on any atom is 0.330 e. The van der Waals surface area contributed by atoms with Crippen LogP contribution in [0.5, 0.6) is 11.5 Å². The molecule has 1 amide bonds. The van der Waals surface area contributed by atoms with Crippen molar-refractivity contribution in [3.63, 3.8) is 0 Å². The summed E-state index contributed by atoms with van der Waals surface area (Å²) in [6.45, 7) is 8.42. The zero-order valence-corrected chi connectivity index (χ0v) is 38.9.